The molecule has 0 unspecified atom stereocenters. The van der Waals surface area contributed by atoms with Crippen molar-refractivity contribution in [2.24, 2.45) is 0 Å². The standard InChI is InChI=1S/C29H27FN4O2/c1-2-19-33(29(36)18-13-22-9-5-3-6-10-22)21-28(35)31-27-20-26(23-11-7-4-8-12-23)32-34(27)25-16-14-24(30)15-17-25/h3-18,20H,2,19,21H2,1H3,(H,31,35)/b18-13+. The van der Waals surface area contributed by atoms with E-state index >= 15 is 0 Å². The third-order valence-corrected chi connectivity index (χ3v) is 5.48. The Balaban J connectivity index is 1.54. The summed E-state index contributed by atoms with van der Waals surface area (Å²) in [5, 5.41) is 7.52. The van der Waals surface area contributed by atoms with Crippen LogP contribution < -0.4 is 5.32 Å². The van der Waals surface area contributed by atoms with Crippen LogP contribution in [0.2, 0.25) is 0 Å². The third-order valence-electron chi connectivity index (χ3n) is 5.48. The van der Waals surface area contributed by atoms with Crippen LogP contribution in [0.1, 0.15) is 18.9 Å². The largest absolute Gasteiger partial charge is 0.330 e. The molecule has 182 valence electrons. The van der Waals surface area contributed by atoms with Gasteiger partial charge in [0.25, 0.3) is 0 Å². The fourth-order valence-electron chi connectivity index (χ4n) is 3.73. The lowest BCUT2D eigenvalue weighted by atomic mass is 10.1. The van der Waals surface area contributed by atoms with Gasteiger partial charge in [0.15, 0.2) is 0 Å². The van der Waals surface area contributed by atoms with Gasteiger partial charge < -0.3 is 10.2 Å². The number of benzene rings is 3. The Bertz CT molecular complexity index is 1330. The summed E-state index contributed by atoms with van der Waals surface area (Å²) in [6.07, 6.45) is 3.93. The second-order valence-corrected chi connectivity index (χ2v) is 8.22. The Kier molecular flexibility index (Phi) is 8.03. The van der Waals surface area contributed by atoms with Crippen LogP contribution in [0.5, 0.6) is 0 Å². The van der Waals surface area contributed by atoms with Crippen LogP contribution >= 0.6 is 0 Å². The van der Waals surface area contributed by atoms with E-state index in [0.29, 0.717) is 30.2 Å². The normalized spacial score (nSPS) is 10.9. The average Bonchev–Trinajstić information content (AvgIpc) is 3.32. The van der Waals surface area contributed by atoms with Crippen molar-refractivity contribution in [2.45, 2.75) is 13.3 Å². The topological polar surface area (TPSA) is 67.2 Å². The molecule has 0 saturated carbocycles. The molecule has 0 bridgehead atoms. The number of halogens is 1. The minimum absolute atomic E-state index is 0.110. The lowest BCUT2D eigenvalue weighted by Gasteiger charge is -2.20. The summed E-state index contributed by atoms with van der Waals surface area (Å²) >= 11 is 0. The Morgan fingerprint density at radius 3 is 2.31 bits per heavy atom. The van der Waals surface area contributed by atoms with Crippen LogP contribution in [0.25, 0.3) is 23.0 Å². The fraction of sp³-hybridized carbons (Fsp3) is 0.138. The van der Waals surface area contributed by atoms with Gasteiger partial charge in [-0.15, -0.1) is 0 Å². The van der Waals surface area contributed by atoms with Gasteiger partial charge in [-0.25, -0.2) is 9.07 Å². The predicted molar refractivity (Wildman–Crippen MR) is 140 cm³/mol. The SMILES string of the molecule is CCCN(CC(=O)Nc1cc(-c2ccccc2)nn1-c1ccc(F)cc1)C(=O)/C=C/c1ccccc1. The van der Waals surface area contributed by atoms with Gasteiger partial charge in [0, 0.05) is 24.3 Å². The molecule has 0 spiro atoms. The van der Waals surface area contributed by atoms with E-state index in [2.05, 4.69) is 10.4 Å². The maximum absolute atomic E-state index is 13.5. The smallest absolute Gasteiger partial charge is 0.247 e. The zero-order valence-electron chi connectivity index (χ0n) is 20.0. The number of carbonyl (C=O) groups is 2. The number of anilines is 1. The van der Waals surface area contributed by atoms with Crippen LogP contribution in [0.4, 0.5) is 10.2 Å². The fourth-order valence-corrected chi connectivity index (χ4v) is 3.73. The van der Waals surface area contributed by atoms with E-state index in [-0.39, 0.29) is 24.2 Å². The van der Waals surface area contributed by atoms with E-state index < -0.39 is 0 Å². The van der Waals surface area contributed by atoms with E-state index in [1.165, 1.54) is 23.1 Å². The van der Waals surface area contributed by atoms with Crippen LogP contribution in [0, 0.1) is 5.82 Å². The van der Waals surface area contributed by atoms with E-state index in [9.17, 15) is 14.0 Å². The van der Waals surface area contributed by atoms with Gasteiger partial charge in [-0.3, -0.25) is 9.59 Å². The summed E-state index contributed by atoms with van der Waals surface area (Å²) in [7, 11) is 0. The molecule has 0 aliphatic carbocycles. The summed E-state index contributed by atoms with van der Waals surface area (Å²) in [4.78, 5) is 27.3. The number of amides is 2. The Hall–Kier alpha value is -4.52. The quantitative estimate of drug-likeness (QED) is 0.317. The molecule has 0 aliphatic heterocycles. The number of carbonyl (C=O) groups excluding carboxylic acids is 2. The highest BCUT2D eigenvalue weighted by Gasteiger charge is 2.18. The van der Waals surface area contributed by atoms with E-state index in [4.69, 9.17) is 0 Å². The number of hydrogen-bond acceptors (Lipinski definition) is 3. The number of nitrogens with zero attached hydrogens (tertiary/aromatic N) is 3. The van der Waals surface area contributed by atoms with Crippen molar-refractivity contribution in [1.29, 1.82) is 0 Å². The molecular formula is C29H27FN4O2. The molecule has 0 fully saturated rings. The molecule has 1 N–H and O–H groups in total. The van der Waals surface area contributed by atoms with Crippen molar-refractivity contribution < 1.29 is 14.0 Å². The van der Waals surface area contributed by atoms with Gasteiger partial charge in [-0.05, 0) is 42.3 Å². The minimum Gasteiger partial charge on any atom is -0.330 e. The monoisotopic (exact) mass is 482 g/mol. The van der Waals surface area contributed by atoms with Crippen molar-refractivity contribution >= 4 is 23.7 Å². The minimum atomic E-state index is -0.364. The van der Waals surface area contributed by atoms with Crippen molar-refractivity contribution in [1.82, 2.24) is 14.7 Å². The molecule has 4 aromatic rings. The van der Waals surface area contributed by atoms with Crippen molar-refractivity contribution in [2.75, 3.05) is 18.4 Å². The molecule has 0 atom stereocenters. The van der Waals surface area contributed by atoms with Crippen molar-refractivity contribution in [3.8, 4) is 16.9 Å². The predicted octanol–water partition coefficient (Wildman–Crippen LogP) is 5.57. The van der Waals surface area contributed by atoms with E-state index in [1.54, 1.807) is 29.0 Å². The molecule has 0 saturated heterocycles. The Labute approximate surface area is 209 Å². The molecule has 0 radical (unpaired) electrons. The van der Waals surface area contributed by atoms with Crippen LogP contribution in [-0.4, -0.2) is 39.6 Å². The number of aromatic nitrogens is 2. The first kappa shape index (κ1) is 24.6. The second kappa shape index (κ2) is 11.8. The molecule has 0 aliphatic rings. The summed E-state index contributed by atoms with van der Waals surface area (Å²) in [6, 6.07) is 26.7. The Morgan fingerprint density at radius 2 is 1.64 bits per heavy atom. The highest BCUT2D eigenvalue weighted by atomic mass is 19.1. The van der Waals surface area contributed by atoms with Gasteiger partial charge in [0.05, 0.1) is 11.4 Å². The summed E-state index contributed by atoms with van der Waals surface area (Å²) in [6.45, 7) is 2.29. The lowest BCUT2D eigenvalue weighted by Crippen LogP contribution is -2.37. The first-order valence-electron chi connectivity index (χ1n) is 11.8. The van der Waals surface area contributed by atoms with Crippen LogP contribution in [0.3, 0.4) is 0 Å². The first-order chi connectivity index (χ1) is 17.5. The highest BCUT2D eigenvalue weighted by Crippen LogP contribution is 2.25. The van der Waals surface area contributed by atoms with E-state index in [1.807, 2.05) is 67.6 Å². The van der Waals surface area contributed by atoms with Gasteiger partial charge >= 0.3 is 0 Å². The molecular weight excluding hydrogens is 455 g/mol. The molecule has 1 heterocycles. The van der Waals surface area contributed by atoms with Crippen LogP contribution in [-0.2, 0) is 9.59 Å². The number of hydrogen-bond donors (Lipinski definition) is 1. The number of rotatable bonds is 9. The molecule has 3 aromatic carbocycles. The Morgan fingerprint density at radius 1 is 0.972 bits per heavy atom. The van der Waals surface area contributed by atoms with Crippen molar-refractivity contribution in [3.05, 3.63) is 108 Å². The molecule has 4 rings (SSSR count). The third kappa shape index (κ3) is 6.33. The first-order valence-corrected chi connectivity index (χ1v) is 11.8. The van der Waals surface area contributed by atoms with Crippen molar-refractivity contribution in [3.63, 3.8) is 0 Å². The second-order valence-electron chi connectivity index (χ2n) is 8.22. The molecule has 2 amide bonds. The molecule has 7 heteroatoms. The zero-order chi connectivity index (χ0) is 25.3. The van der Waals surface area contributed by atoms with Gasteiger partial charge in [0.2, 0.25) is 11.8 Å². The maximum Gasteiger partial charge on any atom is 0.247 e. The molecule has 36 heavy (non-hydrogen) atoms. The average molecular weight is 483 g/mol. The summed E-state index contributed by atoms with van der Waals surface area (Å²) < 4.78 is 15.1. The van der Waals surface area contributed by atoms with Gasteiger partial charge in [0.1, 0.15) is 18.2 Å². The van der Waals surface area contributed by atoms with E-state index in [0.717, 1.165) is 11.1 Å². The molecule has 1 aromatic heterocycles. The van der Waals surface area contributed by atoms with Crippen LogP contribution in [0.15, 0.2) is 97.1 Å². The molecule has 6 nitrogen and oxygen atoms in total. The zero-order valence-corrected chi connectivity index (χ0v) is 20.0. The highest BCUT2D eigenvalue weighted by molar-refractivity contribution is 5.98. The lowest BCUT2D eigenvalue weighted by molar-refractivity contribution is -0.130. The summed E-state index contributed by atoms with van der Waals surface area (Å²) in [5.41, 5.74) is 3.04. The number of nitrogens with one attached hydrogen (secondary N) is 1. The van der Waals surface area contributed by atoms with Gasteiger partial charge in [-0.2, -0.15) is 5.10 Å². The maximum atomic E-state index is 13.5. The summed E-state index contributed by atoms with van der Waals surface area (Å²) in [5.74, 6) is -0.535. The van der Waals surface area contributed by atoms with Gasteiger partial charge in [-0.1, -0.05) is 67.6 Å².